The molecule has 142 valence electrons. The van der Waals surface area contributed by atoms with Crippen LogP contribution in [0.4, 0.5) is 10.1 Å². The lowest BCUT2D eigenvalue weighted by atomic mass is 10.0. The lowest BCUT2D eigenvalue weighted by Crippen LogP contribution is -3.14. The van der Waals surface area contributed by atoms with Gasteiger partial charge in [-0.05, 0) is 36.4 Å². The highest BCUT2D eigenvalue weighted by Crippen LogP contribution is 2.13. The van der Waals surface area contributed by atoms with Crippen LogP contribution in [0.3, 0.4) is 0 Å². The highest BCUT2D eigenvalue weighted by Gasteiger charge is 2.25. The van der Waals surface area contributed by atoms with Crippen LogP contribution in [-0.4, -0.2) is 37.5 Å². The fourth-order valence-electron chi connectivity index (χ4n) is 3.22. The summed E-state index contributed by atoms with van der Waals surface area (Å²) < 4.78 is 13.7. The van der Waals surface area contributed by atoms with Crippen LogP contribution in [0.15, 0.2) is 48.5 Å². The Hall–Kier alpha value is -2.44. The van der Waals surface area contributed by atoms with Gasteiger partial charge < -0.3 is 15.5 Å². The van der Waals surface area contributed by atoms with Crippen molar-refractivity contribution in [3.63, 3.8) is 0 Å². The number of carbonyl (C=O) groups is 2. The molecule has 3 rings (SSSR count). The minimum Gasteiger partial charge on any atom is -0.349 e. The Bertz CT molecular complexity index is 805. The first kappa shape index (κ1) is 19.3. The molecule has 0 radical (unpaired) electrons. The molecule has 1 saturated heterocycles. The maximum atomic E-state index is 13.7. The molecular formula is C20H22ClFN3O2+. The van der Waals surface area contributed by atoms with E-state index >= 15 is 0 Å². The van der Waals surface area contributed by atoms with Gasteiger partial charge in [-0.15, -0.1) is 0 Å². The number of likely N-dealkylation sites (tertiary alicyclic amines) is 1. The molecule has 0 saturated carbocycles. The van der Waals surface area contributed by atoms with Crippen LogP contribution >= 0.6 is 11.6 Å². The van der Waals surface area contributed by atoms with E-state index in [1.54, 1.807) is 36.4 Å². The predicted molar refractivity (Wildman–Crippen MR) is 103 cm³/mol. The maximum Gasteiger partial charge on any atom is 0.279 e. The molecule has 1 fully saturated rings. The van der Waals surface area contributed by atoms with E-state index in [-0.39, 0.29) is 23.4 Å². The topological polar surface area (TPSA) is 62.6 Å². The van der Waals surface area contributed by atoms with E-state index in [0.717, 1.165) is 36.5 Å². The van der Waals surface area contributed by atoms with E-state index in [0.29, 0.717) is 11.6 Å². The van der Waals surface area contributed by atoms with Gasteiger partial charge in [-0.2, -0.15) is 0 Å². The van der Waals surface area contributed by atoms with Gasteiger partial charge in [0.25, 0.3) is 11.8 Å². The number of benzene rings is 2. The summed E-state index contributed by atoms with van der Waals surface area (Å²) in [6.45, 7) is 1.92. The molecule has 0 bridgehead atoms. The van der Waals surface area contributed by atoms with Crippen LogP contribution in [0.25, 0.3) is 0 Å². The zero-order chi connectivity index (χ0) is 19.2. The first-order chi connectivity index (χ1) is 13.0. The predicted octanol–water partition coefficient (Wildman–Crippen LogP) is 1.89. The molecule has 2 amide bonds. The number of anilines is 1. The summed E-state index contributed by atoms with van der Waals surface area (Å²) in [5.41, 5.74) is 0.783. The number of hydrogen-bond acceptors (Lipinski definition) is 2. The van der Waals surface area contributed by atoms with Crippen LogP contribution in [0.1, 0.15) is 23.2 Å². The smallest absolute Gasteiger partial charge is 0.279 e. The van der Waals surface area contributed by atoms with Gasteiger partial charge in [0.05, 0.1) is 18.7 Å². The van der Waals surface area contributed by atoms with Crippen molar-refractivity contribution in [3.05, 3.63) is 64.9 Å². The molecule has 0 atom stereocenters. The number of hydrogen-bond donors (Lipinski definition) is 3. The van der Waals surface area contributed by atoms with Crippen molar-refractivity contribution in [2.24, 2.45) is 0 Å². The zero-order valence-corrected chi connectivity index (χ0v) is 15.6. The molecule has 0 spiro atoms. The molecule has 1 heterocycles. The second kappa shape index (κ2) is 8.97. The van der Waals surface area contributed by atoms with Crippen molar-refractivity contribution < 1.29 is 18.9 Å². The minimum atomic E-state index is -0.517. The van der Waals surface area contributed by atoms with Gasteiger partial charge in [-0.25, -0.2) is 4.39 Å². The van der Waals surface area contributed by atoms with Gasteiger partial charge in [-0.1, -0.05) is 23.7 Å². The van der Waals surface area contributed by atoms with E-state index in [1.807, 2.05) is 0 Å². The Kier molecular flexibility index (Phi) is 6.42. The van der Waals surface area contributed by atoms with Gasteiger partial charge in [0.1, 0.15) is 5.82 Å². The van der Waals surface area contributed by atoms with E-state index in [4.69, 9.17) is 11.6 Å². The molecule has 27 heavy (non-hydrogen) atoms. The van der Waals surface area contributed by atoms with Crippen molar-refractivity contribution in [3.8, 4) is 0 Å². The number of piperidine rings is 1. The average molecular weight is 391 g/mol. The molecule has 0 aromatic heterocycles. The van der Waals surface area contributed by atoms with E-state index < -0.39 is 5.82 Å². The van der Waals surface area contributed by atoms with E-state index in [9.17, 15) is 14.0 Å². The monoisotopic (exact) mass is 390 g/mol. The van der Waals surface area contributed by atoms with E-state index in [1.165, 1.54) is 12.1 Å². The number of amides is 2. The third kappa shape index (κ3) is 5.52. The Morgan fingerprint density at radius 1 is 1.07 bits per heavy atom. The standard InChI is InChI=1S/C20H21ClFN3O2/c21-14-5-7-15(8-6-14)23-19(26)13-25-11-9-16(10-12-25)24-20(27)17-3-1-2-4-18(17)22/h1-8,16H,9-13H2,(H,23,26)(H,24,27)/p+1. The summed E-state index contributed by atoms with van der Waals surface area (Å²) in [5, 5.41) is 6.37. The third-order valence-corrected chi connectivity index (χ3v) is 4.94. The second-order valence-corrected chi connectivity index (χ2v) is 7.15. The van der Waals surface area contributed by atoms with Crippen molar-refractivity contribution in [2.75, 3.05) is 25.0 Å². The quantitative estimate of drug-likeness (QED) is 0.730. The van der Waals surface area contributed by atoms with Crippen LogP contribution in [0.5, 0.6) is 0 Å². The molecule has 5 nitrogen and oxygen atoms in total. The van der Waals surface area contributed by atoms with Crippen molar-refractivity contribution >= 4 is 29.1 Å². The van der Waals surface area contributed by atoms with Gasteiger partial charge in [0.15, 0.2) is 6.54 Å². The van der Waals surface area contributed by atoms with E-state index in [2.05, 4.69) is 10.6 Å². The second-order valence-electron chi connectivity index (χ2n) is 6.71. The first-order valence-electron chi connectivity index (χ1n) is 8.95. The lowest BCUT2D eigenvalue weighted by Gasteiger charge is -2.29. The Morgan fingerprint density at radius 2 is 1.74 bits per heavy atom. The largest absolute Gasteiger partial charge is 0.349 e. The van der Waals surface area contributed by atoms with Crippen LogP contribution in [0, 0.1) is 5.82 Å². The normalized spacial score (nSPS) is 19.3. The third-order valence-electron chi connectivity index (χ3n) is 4.68. The fourth-order valence-corrected chi connectivity index (χ4v) is 3.35. The number of rotatable bonds is 5. The van der Waals surface area contributed by atoms with Gasteiger partial charge in [-0.3, -0.25) is 9.59 Å². The zero-order valence-electron chi connectivity index (χ0n) is 14.8. The Balaban J connectivity index is 1.43. The molecule has 2 aromatic carbocycles. The summed E-state index contributed by atoms with van der Waals surface area (Å²) in [5.74, 6) is -0.958. The number of carbonyl (C=O) groups excluding carboxylic acids is 2. The average Bonchev–Trinajstić information content (AvgIpc) is 2.65. The summed E-state index contributed by atoms with van der Waals surface area (Å²) in [7, 11) is 0. The number of halogens is 2. The van der Waals surface area contributed by atoms with Crippen LogP contribution < -0.4 is 15.5 Å². The highest BCUT2D eigenvalue weighted by atomic mass is 35.5. The molecule has 1 aliphatic rings. The summed E-state index contributed by atoms with van der Waals surface area (Å²) >= 11 is 5.83. The van der Waals surface area contributed by atoms with Crippen molar-refractivity contribution in [1.29, 1.82) is 0 Å². The van der Waals surface area contributed by atoms with Gasteiger partial charge in [0.2, 0.25) is 0 Å². The Morgan fingerprint density at radius 3 is 2.41 bits per heavy atom. The van der Waals surface area contributed by atoms with Gasteiger partial charge >= 0.3 is 0 Å². The van der Waals surface area contributed by atoms with Crippen molar-refractivity contribution in [1.82, 2.24) is 5.32 Å². The van der Waals surface area contributed by atoms with Crippen molar-refractivity contribution in [2.45, 2.75) is 18.9 Å². The van der Waals surface area contributed by atoms with Crippen LogP contribution in [-0.2, 0) is 4.79 Å². The number of quaternary nitrogens is 1. The number of nitrogens with one attached hydrogen (secondary N) is 3. The molecule has 1 aliphatic heterocycles. The summed E-state index contributed by atoms with van der Waals surface area (Å²) in [6.07, 6.45) is 1.51. The van der Waals surface area contributed by atoms with Crippen LogP contribution in [0.2, 0.25) is 5.02 Å². The minimum absolute atomic E-state index is 0.000169. The Labute approximate surface area is 162 Å². The molecule has 0 aliphatic carbocycles. The summed E-state index contributed by atoms with van der Waals surface area (Å²) in [4.78, 5) is 25.5. The fraction of sp³-hybridized carbons (Fsp3) is 0.300. The summed E-state index contributed by atoms with van der Waals surface area (Å²) in [6, 6.07) is 12.9. The molecule has 0 unspecified atom stereocenters. The lowest BCUT2D eigenvalue weighted by molar-refractivity contribution is -0.897. The molecule has 3 N–H and O–H groups in total. The molecular weight excluding hydrogens is 369 g/mol. The molecule has 2 aromatic rings. The highest BCUT2D eigenvalue weighted by molar-refractivity contribution is 6.30. The maximum absolute atomic E-state index is 13.7. The molecule has 7 heteroatoms. The van der Waals surface area contributed by atoms with Gasteiger partial charge in [0, 0.05) is 29.6 Å². The first-order valence-corrected chi connectivity index (χ1v) is 9.33. The SMILES string of the molecule is O=C(C[NH+]1CCC(NC(=O)c2ccccc2F)CC1)Nc1ccc(Cl)cc1.